The van der Waals surface area contributed by atoms with Crippen molar-refractivity contribution in [3.05, 3.63) is 18.2 Å². The van der Waals surface area contributed by atoms with E-state index in [1.165, 1.54) is 0 Å². The zero-order valence-corrected chi connectivity index (χ0v) is 8.65. The molecule has 2 unspecified atom stereocenters. The third kappa shape index (κ3) is 1.68. The Morgan fingerprint density at radius 1 is 1.53 bits per heavy atom. The lowest BCUT2D eigenvalue weighted by Gasteiger charge is -2.29. The van der Waals surface area contributed by atoms with Crippen LogP contribution in [0.15, 0.2) is 18.2 Å². The third-order valence-electron chi connectivity index (χ3n) is 2.41. The predicted molar refractivity (Wildman–Crippen MR) is 56.1 cm³/mol. The molecule has 0 bridgehead atoms. The van der Waals surface area contributed by atoms with Gasteiger partial charge in [-0.05, 0) is 19.1 Å². The van der Waals surface area contributed by atoms with Crippen LogP contribution in [0, 0.1) is 11.3 Å². The minimum atomic E-state index is -0.439. The molecule has 1 N–H and O–H groups in total. The SMILES string of the molecule is COc1ccc2c(c1)NC(C)C(C#N)O2. The van der Waals surface area contributed by atoms with Gasteiger partial charge >= 0.3 is 0 Å². The average Bonchev–Trinajstić information content (AvgIpc) is 2.27. The summed E-state index contributed by atoms with van der Waals surface area (Å²) in [5.74, 6) is 1.47. The van der Waals surface area contributed by atoms with E-state index in [2.05, 4.69) is 11.4 Å². The Morgan fingerprint density at radius 2 is 2.33 bits per heavy atom. The van der Waals surface area contributed by atoms with Crippen LogP contribution >= 0.6 is 0 Å². The molecule has 2 atom stereocenters. The van der Waals surface area contributed by atoms with Gasteiger partial charge in [-0.25, -0.2) is 0 Å². The number of anilines is 1. The zero-order chi connectivity index (χ0) is 10.8. The van der Waals surface area contributed by atoms with Crippen LogP contribution < -0.4 is 14.8 Å². The number of fused-ring (bicyclic) bond motifs is 1. The summed E-state index contributed by atoms with van der Waals surface area (Å²) in [6.45, 7) is 1.91. The summed E-state index contributed by atoms with van der Waals surface area (Å²) in [5.41, 5.74) is 0.869. The molecule has 0 radical (unpaired) electrons. The molecule has 0 fully saturated rings. The number of nitrogens with zero attached hydrogens (tertiary/aromatic N) is 1. The predicted octanol–water partition coefficient (Wildman–Crippen LogP) is 1.78. The van der Waals surface area contributed by atoms with Crippen LogP contribution in [0.4, 0.5) is 5.69 Å². The maximum atomic E-state index is 8.85. The lowest BCUT2D eigenvalue weighted by molar-refractivity contribution is 0.227. The average molecular weight is 204 g/mol. The van der Waals surface area contributed by atoms with Gasteiger partial charge in [0.15, 0.2) is 0 Å². The Bertz CT molecular complexity index is 412. The smallest absolute Gasteiger partial charge is 0.204 e. The molecule has 78 valence electrons. The van der Waals surface area contributed by atoms with E-state index in [4.69, 9.17) is 14.7 Å². The van der Waals surface area contributed by atoms with Gasteiger partial charge in [0.05, 0.1) is 18.8 Å². The molecule has 15 heavy (non-hydrogen) atoms. The van der Waals surface area contributed by atoms with Crippen LogP contribution in [0.1, 0.15) is 6.92 Å². The van der Waals surface area contributed by atoms with E-state index in [9.17, 15) is 0 Å². The van der Waals surface area contributed by atoms with Crippen molar-refractivity contribution in [2.24, 2.45) is 0 Å². The van der Waals surface area contributed by atoms with E-state index in [1.807, 2.05) is 19.1 Å². The van der Waals surface area contributed by atoms with Crippen molar-refractivity contribution >= 4 is 5.69 Å². The maximum absolute atomic E-state index is 8.85. The van der Waals surface area contributed by atoms with E-state index in [0.29, 0.717) is 5.75 Å². The fraction of sp³-hybridized carbons (Fsp3) is 0.364. The van der Waals surface area contributed by atoms with Crippen molar-refractivity contribution in [2.75, 3.05) is 12.4 Å². The standard InChI is InChI=1S/C11H12N2O2/c1-7-11(6-12)15-10-4-3-8(14-2)5-9(10)13-7/h3-5,7,11,13H,1-2H3. The third-order valence-corrected chi connectivity index (χ3v) is 2.41. The number of methoxy groups -OCH3 is 1. The van der Waals surface area contributed by atoms with Crippen molar-refractivity contribution in [2.45, 2.75) is 19.1 Å². The van der Waals surface area contributed by atoms with Gasteiger partial charge < -0.3 is 14.8 Å². The monoisotopic (exact) mass is 204 g/mol. The van der Waals surface area contributed by atoms with Crippen LogP contribution in [0.5, 0.6) is 11.5 Å². The number of hydrogen-bond acceptors (Lipinski definition) is 4. The molecule has 0 amide bonds. The molecule has 4 heteroatoms. The highest BCUT2D eigenvalue weighted by Gasteiger charge is 2.25. The first kappa shape index (κ1) is 9.66. The number of benzene rings is 1. The van der Waals surface area contributed by atoms with Crippen LogP contribution in [-0.2, 0) is 0 Å². The van der Waals surface area contributed by atoms with Gasteiger partial charge in [0.2, 0.25) is 6.10 Å². The fourth-order valence-electron chi connectivity index (χ4n) is 1.55. The van der Waals surface area contributed by atoms with Gasteiger partial charge in [0, 0.05) is 6.07 Å². The largest absolute Gasteiger partial charge is 0.497 e. The van der Waals surface area contributed by atoms with Gasteiger partial charge in [-0.3, -0.25) is 0 Å². The highest BCUT2D eigenvalue weighted by atomic mass is 16.5. The molecular weight excluding hydrogens is 192 g/mol. The van der Waals surface area contributed by atoms with Gasteiger partial charge in [-0.15, -0.1) is 0 Å². The number of rotatable bonds is 1. The second-order valence-corrected chi connectivity index (χ2v) is 3.46. The molecule has 1 aromatic carbocycles. The Morgan fingerprint density at radius 3 is 3.00 bits per heavy atom. The molecule has 0 saturated heterocycles. The molecule has 1 aliphatic rings. The van der Waals surface area contributed by atoms with Crippen molar-refractivity contribution in [3.63, 3.8) is 0 Å². The summed E-state index contributed by atoms with van der Waals surface area (Å²) >= 11 is 0. The second kappa shape index (κ2) is 3.70. The fourth-order valence-corrected chi connectivity index (χ4v) is 1.55. The molecule has 4 nitrogen and oxygen atoms in total. The second-order valence-electron chi connectivity index (χ2n) is 3.46. The summed E-state index contributed by atoms with van der Waals surface area (Å²) < 4.78 is 10.6. The Labute approximate surface area is 88.4 Å². The first-order valence-corrected chi connectivity index (χ1v) is 4.75. The molecule has 1 aliphatic heterocycles. The molecule has 0 spiro atoms. The summed E-state index contributed by atoms with van der Waals surface area (Å²) in [6, 6.07) is 7.56. The molecule has 0 saturated carbocycles. The van der Waals surface area contributed by atoms with Gasteiger partial charge in [-0.2, -0.15) is 5.26 Å². The van der Waals surface area contributed by atoms with E-state index < -0.39 is 6.10 Å². The topological polar surface area (TPSA) is 54.3 Å². The number of nitrogens with one attached hydrogen (secondary N) is 1. The molecule has 2 rings (SSSR count). The van der Waals surface area contributed by atoms with E-state index >= 15 is 0 Å². The quantitative estimate of drug-likeness (QED) is 0.757. The summed E-state index contributed by atoms with van der Waals surface area (Å²) in [6.07, 6.45) is -0.439. The molecule has 0 aromatic heterocycles. The summed E-state index contributed by atoms with van der Waals surface area (Å²) in [4.78, 5) is 0. The lowest BCUT2D eigenvalue weighted by atomic mass is 10.1. The number of ether oxygens (including phenoxy) is 2. The van der Waals surface area contributed by atoms with Crippen molar-refractivity contribution in [1.82, 2.24) is 0 Å². The van der Waals surface area contributed by atoms with Crippen molar-refractivity contribution in [1.29, 1.82) is 5.26 Å². The normalized spacial score (nSPS) is 23.0. The Balaban J connectivity index is 2.33. The van der Waals surface area contributed by atoms with Crippen LogP contribution in [0.3, 0.4) is 0 Å². The van der Waals surface area contributed by atoms with Gasteiger partial charge in [0.25, 0.3) is 0 Å². The van der Waals surface area contributed by atoms with Crippen LogP contribution in [0.25, 0.3) is 0 Å². The summed E-state index contributed by atoms with van der Waals surface area (Å²) in [5, 5.41) is 12.1. The highest BCUT2D eigenvalue weighted by Crippen LogP contribution is 2.34. The van der Waals surface area contributed by atoms with Crippen LogP contribution in [-0.4, -0.2) is 19.3 Å². The van der Waals surface area contributed by atoms with Crippen molar-refractivity contribution in [3.8, 4) is 17.6 Å². The first-order valence-electron chi connectivity index (χ1n) is 4.75. The Hall–Kier alpha value is -1.89. The maximum Gasteiger partial charge on any atom is 0.204 e. The minimum Gasteiger partial charge on any atom is -0.497 e. The molecular formula is C11H12N2O2. The van der Waals surface area contributed by atoms with Gasteiger partial charge in [0.1, 0.15) is 17.6 Å². The lowest BCUT2D eigenvalue weighted by Crippen LogP contribution is -2.38. The van der Waals surface area contributed by atoms with E-state index in [1.54, 1.807) is 13.2 Å². The minimum absolute atomic E-state index is 0.0189. The van der Waals surface area contributed by atoms with E-state index in [0.717, 1.165) is 11.4 Å². The number of nitriles is 1. The van der Waals surface area contributed by atoms with E-state index in [-0.39, 0.29) is 6.04 Å². The number of hydrogen-bond donors (Lipinski definition) is 1. The Kier molecular flexibility index (Phi) is 2.38. The van der Waals surface area contributed by atoms with Gasteiger partial charge in [-0.1, -0.05) is 0 Å². The van der Waals surface area contributed by atoms with Crippen LogP contribution in [0.2, 0.25) is 0 Å². The van der Waals surface area contributed by atoms with Crippen molar-refractivity contribution < 1.29 is 9.47 Å². The zero-order valence-electron chi connectivity index (χ0n) is 8.65. The molecule has 1 heterocycles. The molecule has 0 aliphatic carbocycles. The molecule has 1 aromatic rings. The first-order chi connectivity index (χ1) is 7.24. The summed E-state index contributed by atoms with van der Waals surface area (Å²) in [7, 11) is 1.62. The highest BCUT2D eigenvalue weighted by molar-refractivity contribution is 5.62.